The molecule has 0 atom stereocenters. The summed E-state index contributed by atoms with van der Waals surface area (Å²) in [5.74, 6) is 0.936. The molecular weight excluding hydrogens is 246 g/mol. The van der Waals surface area contributed by atoms with Crippen molar-refractivity contribution in [3.05, 3.63) is 59.1 Å². The van der Waals surface area contributed by atoms with Crippen molar-refractivity contribution in [1.82, 2.24) is 0 Å². The van der Waals surface area contributed by atoms with E-state index in [-0.39, 0.29) is 0 Å². The van der Waals surface area contributed by atoms with Crippen molar-refractivity contribution in [3.8, 4) is 5.75 Å². The fourth-order valence-electron chi connectivity index (χ4n) is 1.67. The lowest BCUT2D eigenvalue weighted by Gasteiger charge is -2.10. The Balaban J connectivity index is 1.78. The molecule has 0 unspecified atom stereocenters. The molecule has 0 aliphatic carbocycles. The molecule has 0 bridgehead atoms. The smallest absolute Gasteiger partial charge is 0.122 e. The molecular formula is C15H16ClNO. The van der Waals surface area contributed by atoms with Gasteiger partial charge >= 0.3 is 0 Å². The number of nitrogens with one attached hydrogen (secondary N) is 1. The van der Waals surface area contributed by atoms with Crippen LogP contribution in [0.4, 0.5) is 5.69 Å². The Bertz CT molecular complexity index is 513. The van der Waals surface area contributed by atoms with Crippen molar-refractivity contribution in [1.29, 1.82) is 0 Å². The van der Waals surface area contributed by atoms with Gasteiger partial charge in [-0.1, -0.05) is 35.9 Å². The fraction of sp³-hybridized carbons (Fsp3) is 0.200. The Morgan fingerprint density at radius 1 is 1.11 bits per heavy atom. The maximum absolute atomic E-state index is 5.90. The highest BCUT2D eigenvalue weighted by Gasteiger charge is 1.97. The van der Waals surface area contributed by atoms with E-state index in [1.165, 1.54) is 0 Å². The Labute approximate surface area is 113 Å². The predicted molar refractivity (Wildman–Crippen MR) is 76.6 cm³/mol. The number of para-hydroxylation sites is 1. The van der Waals surface area contributed by atoms with Gasteiger partial charge in [0, 0.05) is 17.3 Å². The van der Waals surface area contributed by atoms with Crippen LogP contribution in [0.3, 0.4) is 0 Å². The molecule has 1 N–H and O–H groups in total. The summed E-state index contributed by atoms with van der Waals surface area (Å²) in [6, 6.07) is 15.7. The van der Waals surface area contributed by atoms with E-state index in [2.05, 4.69) is 5.32 Å². The summed E-state index contributed by atoms with van der Waals surface area (Å²) in [5.41, 5.74) is 2.16. The molecule has 0 heterocycles. The summed E-state index contributed by atoms with van der Waals surface area (Å²) < 4.78 is 5.69. The van der Waals surface area contributed by atoms with Crippen molar-refractivity contribution >= 4 is 17.3 Å². The van der Waals surface area contributed by atoms with E-state index < -0.39 is 0 Å². The van der Waals surface area contributed by atoms with Crippen molar-refractivity contribution < 1.29 is 4.74 Å². The predicted octanol–water partition coefficient (Wildman–Crippen LogP) is 4.14. The minimum absolute atomic E-state index is 0.622. The van der Waals surface area contributed by atoms with Gasteiger partial charge in [0.15, 0.2) is 0 Å². The van der Waals surface area contributed by atoms with Crippen molar-refractivity contribution in [2.45, 2.75) is 6.92 Å². The first-order valence-electron chi connectivity index (χ1n) is 5.93. The van der Waals surface area contributed by atoms with Gasteiger partial charge in [0.05, 0.1) is 0 Å². The molecule has 94 valence electrons. The molecule has 0 radical (unpaired) electrons. The highest BCUT2D eigenvalue weighted by molar-refractivity contribution is 6.30. The summed E-state index contributed by atoms with van der Waals surface area (Å²) in [6.45, 7) is 3.41. The van der Waals surface area contributed by atoms with Crippen molar-refractivity contribution in [3.63, 3.8) is 0 Å². The standard InChI is InChI=1S/C15H16ClNO/c1-12-5-2-3-8-15(12)18-10-9-17-14-7-4-6-13(16)11-14/h2-8,11,17H,9-10H2,1H3. The van der Waals surface area contributed by atoms with Gasteiger partial charge in [-0.05, 0) is 36.8 Å². The lowest BCUT2D eigenvalue weighted by atomic mass is 10.2. The molecule has 18 heavy (non-hydrogen) atoms. The molecule has 0 spiro atoms. The number of hydrogen-bond acceptors (Lipinski definition) is 2. The number of ether oxygens (including phenoxy) is 1. The van der Waals surface area contributed by atoms with Gasteiger partial charge in [-0.3, -0.25) is 0 Å². The van der Waals surface area contributed by atoms with Crippen LogP contribution < -0.4 is 10.1 Å². The largest absolute Gasteiger partial charge is 0.491 e. The zero-order valence-electron chi connectivity index (χ0n) is 10.3. The van der Waals surface area contributed by atoms with Gasteiger partial charge in [0.2, 0.25) is 0 Å². The third kappa shape index (κ3) is 3.67. The van der Waals surface area contributed by atoms with E-state index in [9.17, 15) is 0 Å². The average molecular weight is 262 g/mol. The fourth-order valence-corrected chi connectivity index (χ4v) is 1.86. The third-order valence-corrected chi connectivity index (χ3v) is 2.84. The third-order valence-electron chi connectivity index (χ3n) is 2.61. The summed E-state index contributed by atoms with van der Waals surface area (Å²) in [6.07, 6.45) is 0. The zero-order chi connectivity index (χ0) is 12.8. The van der Waals surface area contributed by atoms with Crippen LogP contribution in [-0.4, -0.2) is 13.2 Å². The molecule has 0 fully saturated rings. The minimum atomic E-state index is 0.622. The van der Waals surface area contributed by atoms with Gasteiger partial charge in [-0.15, -0.1) is 0 Å². The SMILES string of the molecule is Cc1ccccc1OCCNc1cccc(Cl)c1. The van der Waals surface area contributed by atoms with Crippen molar-refractivity contribution in [2.75, 3.05) is 18.5 Å². The Morgan fingerprint density at radius 3 is 2.72 bits per heavy atom. The number of aryl methyl sites for hydroxylation is 1. The quantitative estimate of drug-likeness (QED) is 0.817. The summed E-state index contributed by atoms with van der Waals surface area (Å²) in [7, 11) is 0. The topological polar surface area (TPSA) is 21.3 Å². The molecule has 3 heteroatoms. The molecule has 0 saturated carbocycles. The zero-order valence-corrected chi connectivity index (χ0v) is 11.1. The second-order valence-electron chi connectivity index (χ2n) is 4.05. The molecule has 0 saturated heterocycles. The van der Waals surface area contributed by atoms with Crippen LogP contribution in [0, 0.1) is 6.92 Å². The second-order valence-corrected chi connectivity index (χ2v) is 4.49. The van der Waals surface area contributed by atoms with Crippen LogP contribution in [0.1, 0.15) is 5.56 Å². The molecule has 0 aliphatic heterocycles. The Kier molecular flexibility index (Phi) is 4.48. The minimum Gasteiger partial charge on any atom is -0.491 e. The van der Waals surface area contributed by atoms with Gasteiger partial charge in [-0.2, -0.15) is 0 Å². The van der Waals surface area contributed by atoms with Crippen molar-refractivity contribution in [2.24, 2.45) is 0 Å². The van der Waals surface area contributed by atoms with Gasteiger partial charge in [0.1, 0.15) is 12.4 Å². The highest BCUT2D eigenvalue weighted by Crippen LogP contribution is 2.16. The normalized spacial score (nSPS) is 10.1. The van der Waals surface area contributed by atoms with E-state index in [0.29, 0.717) is 6.61 Å². The first-order chi connectivity index (χ1) is 8.75. The first-order valence-corrected chi connectivity index (χ1v) is 6.31. The maximum atomic E-state index is 5.90. The van der Waals surface area contributed by atoms with Gasteiger partial charge in [-0.25, -0.2) is 0 Å². The van der Waals surface area contributed by atoms with Gasteiger partial charge in [0.25, 0.3) is 0 Å². The number of rotatable bonds is 5. The van der Waals surface area contributed by atoms with Crippen LogP contribution in [-0.2, 0) is 0 Å². The lowest BCUT2D eigenvalue weighted by Crippen LogP contribution is -2.11. The maximum Gasteiger partial charge on any atom is 0.122 e. The molecule has 2 aromatic rings. The molecule has 0 aliphatic rings. The van der Waals surface area contributed by atoms with E-state index in [1.807, 2.05) is 55.5 Å². The van der Waals surface area contributed by atoms with Crippen LogP contribution in [0.25, 0.3) is 0 Å². The molecule has 0 amide bonds. The number of hydrogen-bond donors (Lipinski definition) is 1. The monoisotopic (exact) mass is 261 g/mol. The summed E-state index contributed by atoms with van der Waals surface area (Å²) in [4.78, 5) is 0. The lowest BCUT2D eigenvalue weighted by molar-refractivity contribution is 0.330. The molecule has 0 aromatic heterocycles. The van der Waals surface area contributed by atoms with E-state index >= 15 is 0 Å². The molecule has 2 aromatic carbocycles. The van der Waals surface area contributed by atoms with Crippen LogP contribution in [0.5, 0.6) is 5.75 Å². The Hall–Kier alpha value is -1.67. The van der Waals surface area contributed by atoms with E-state index in [1.54, 1.807) is 0 Å². The number of halogens is 1. The summed E-state index contributed by atoms with van der Waals surface area (Å²) >= 11 is 5.90. The first kappa shape index (κ1) is 12.8. The van der Waals surface area contributed by atoms with Crippen LogP contribution >= 0.6 is 11.6 Å². The van der Waals surface area contributed by atoms with Crippen LogP contribution in [0.2, 0.25) is 5.02 Å². The van der Waals surface area contributed by atoms with Crippen LogP contribution in [0.15, 0.2) is 48.5 Å². The summed E-state index contributed by atoms with van der Waals surface area (Å²) in [5, 5.41) is 4.00. The Morgan fingerprint density at radius 2 is 1.94 bits per heavy atom. The molecule has 2 rings (SSSR count). The highest BCUT2D eigenvalue weighted by atomic mass is 35.5. The number of benzene rings is 2. The van der Waals surface area contributed by atoms with E-state index in [0.717, 1.165) is 28.6 Å². The van der Waals surface area contributed by atoms with Gasteiger partial charge < -0.3 is 10.1 Å². The average Bonchev–Trinajstić information content (AvgIpc) is 2.37. The molecule has 2 nitrogen and oxygen atoms in total. The number of anilines is 1. The second kappa shape index (κ2) is 6.31. The van der Waals surface area contributed by atoms with E-state index in [4.69, 9.17) is 16.3 Å².